The van der Waals surface area contributed by atoms with Gasteiger partial charge in [0.1, 0.15) is 12.6 Å². The predicted octanol–water partition coefficient (Wildman–Crippen LogP) is 3.92. The van der Waals surface area contributed by atoms with Gasteiger partial charge in [-0.1, -0.05) is 68.3 Å². The molecule has 174 valence electrons. The molecule has 0 aliphatic heterocycles. The second-order valence-corrected chi connectivity index (χ2v) is 8.85. The fourth-order valence-electron chi connectivity index (χ4n) is 4.60. The summed E-state index contributed by atoms with van der Waals surface area (Å²) in [6.07, 6.45) is 2.17. The minimum absolute atomic E-state index is 0.00123. The van der Waals surface area contributed by atoms with E-state index in [0.717, 1.165) is 24.0 Å². The number of benzene rings is 2. The maximum absolute atomic E-state index is 12.4. The third-order valence-corrected chi connectivity index (χ3v) is 6.57. The van der Waals surface area contributed by atoms with Crippen molar-refractivity contribution in [1.29, 1.82) is 0 Å². The van der Waals surface area contributed by atoms with Crippen molar-refractivity contribution in [2.24, 2.45) is 11.8 Å². The molecule has 0 aromatic heterocycles. The van der Waals surface area contributed by atoms with E-state index in [1.54, 1.807) is 0 Å². The van der Waals surface area contributed by atoms with E-state index in [-0.39, 0.29) is 30.3 Å². The molecule has 4 rings (SSSR count). The summed E-state index contributed by atoms with van der Waals surface area (Å²) in [6.45, 7) is 2.56. The molecule has 3 atom stereocenters. The number of aliphatic carboxylic acids is 1. The lowest BCUT2D eigenvalue weighted by atomic mass is 9.98. The first-order valence-electron chi connectivity index (χ1n) is 11.6. The molecule has 7 nitrogen and oxygen atoms in total. The molecule has 0 bridgehead atoms. The van der Waals surface area contributed by atoms with Gasteiger partial charge in [-0.25, -0.2) is 9.59 Å². The van der Waals surface area contributed by atoms with Crippen LogP contribution in [-0.4, -0.2) is 42.3 Å². The Kier molecular flexibility index (Phi) is 6.96. The van der Waals surface area contributed by atoms with Gasteiger partial charge >= 0.3 is 12.1 Å². The highest BCUT2D eigenvalue weighted by molar-refractivity contribution is 5.86. The highest BCUT2D eigenvalue weighted by atomic mass is 16.5. The monoisotopic (exact) mass is 450 g/mol. The normalized spacial score (nSPS) is 19.2. The molecule has 2 aromatic rings. The molecule has 0 heterocycles. The number of carbonyl (C=O) groups excluding carboxylic acids is 2. The zero-order chi connectivity index (χ0) is 23.4. The van der Waals surface area contributed by atoms with Crippen molar-refractivity contribution < 1.29 is 24.2 Å². The van der Waals surface area contributed by atoms with Gasteiger partial charge in [-0.3, -0.25) is 4.79 Å². The number of carboxylic acid groups (broad SMARTS) is 1. The van der Waals surface area contributed by atoms with E-state index in [1.807, 2.05) is 31.2 Å². The van der Waals surface area contributed by atoms with Gasteiger partial charge in [-0.15, -0.1) is 0 Å². The Morgan fingerprint density at radius 1 is 1.06 bits per heavy atom. The van der Waals surface area contributed by atoms with Crippen molar-refractivity contribution in [3.05, 3.63) is 59.7 Å². The minimum Gasteiger partial charge on any atom is -0.480 e. The van der Waals surface area contributed by atoms with Crippen LogP contribution in [0.5, 0.6) is 0 Å². The molecule has 2 aromatic carbocycles. The summed E-state index contributed by atoms with van der Waals surface area (Å²) >= 11 is 0. The summed E-state index contributed by atoms with van der Waals surface area (Å²) in [4.78, 5) is 36.0. The van der Waals surface area contributed by atoms with Gasteiger partial charge in [0.2, 0.25) is 5.91 Å². The summed E-state index contributed by atoms with van der Waals surface area (Å²) in [5.74, 6) is -1.52. The number of nitrogens with one attached hydrogen (secondary N) is 2. The molecule has 1 fully saturated rings. The fraction of sp³-hybridized carbons (Fsp3) is 0.423. The van der Waals surface area contributed by atoms with E-state index < -0.39 is 18.1 Å². The van der Waals surface area contributed by atoms with Gasteiger partial charge in [-0.2, -0.15) is 0 Å². The van der Waals surface area contributed by atoms with Crippen LogP contribution in [0.15, 0.2) is 48.5 Å². The topological polar surface area (TPSA) is 105 Å². The first-order valence-corrected chi connectivity index (χ1v) is 11.6. The van der Waals surface area contributed by atoms with Crippen LogP contribution in [0.25, 0.3) is 11.1 Å². The number of alkyl carbamates (subject to hydrolysis) is 1. The molecule has 2 aliphatic carbocycles. The van der Waals surface area contributed by atoms with E-state index >= 15 is 0 Å². The Hall–Kier alpha value is -3.35. The molecular weight excluding hydrogens is 420 g/mol. The van der Waals surface area contributed by atoms with Crippen molar-refractivity contribution in [3.63, 3.8) is 0 Å². The van der Waals surface area contributed by atoms with Crippen molar-refractivity contribution in [3.8, 4) is 11.1 Å². The Balaban J connectivity index is 1.24. The second-order valence-electron chi connectivity index (χ2n) is 8.85. The number of hydrogen-bond acceptors (Lipinski definition) is 4. The Labute approximate surface area is 193 Å². The summed E-state index contributed by atoms with van der Waals surface area (Å²) < 4.78 is 5.53. The number of unbranched alkanes of at least 4 members (excludes halogenated alkanes) is 1. The van der Waals surface area contributed by atoms with Crippen molar-refractivity contribution in [1.82, 2.24) is 10.6 Å². The Morgan fingerprint density at radius 2 is 1.70 bits per heavy atom. The minimum atomic E-state index is -1.01. The van der Waals surface area contributed by atoms with Crippen molar-refractivity contribution in [2.45, 2.75) is 44.6 Å². The lowest BCUT2D eigenvalue weighted by Gasteiger charge is -2.15. The first kappa shape index (κ1) is 22.8. The van der Waals surface area contributed by atoms with Gasteiger partial charge in [0.25, 0.3) is 0 Å². The zero-order valence-electron chi connectivity index (χ0n) is 18.8. The Morgan fingerprint density at radius 3 is 2.30 bits per heavy atom. The zero-order valence-corrected chi connectivity index (χ0v) is 18.8. The molecular formula is C26H30N2O5. The van der Waals surface area contributed by atoms with E-state index in [1.165, 1.54) is 11.1 Å². The largest absolute Gasteiger partial charge is 0.480 e. The van der Waals surface area contributed by atoms with Gasteiger partial charge in [0.05, 0.1) is 0 Å². The van der Waals surface area contributed by atoms with Crippen LogP contribution in [0.4, 0.5) is 4.79 Å². The number of ether oxygens (including phenoxy) is 1. The summed E-state index contributed by atoms with van der Waals surface area (Å²) in [7, 11) is 0. The average Bonchev–Trinajstić information content (AvgIpc) is 3.54. The van der Waals surface area contributed by atoms with Crippen LogP contribution in [-0.2, 0) is 14.3 Å². The van der Waals surface area contributed by atoms with Gasteiger partial charge < -0.3 is 20.5 Å². The number of hydrogen-bond donors (Lipinski definition) is 3. The third kappa shape index (κ3) is 5.18. The molecule has 0 radical (unpaired) electrons. The van der Waals surface area contributed by atoms with Crippen LogP contribution in [0.3, 0.4) is 0 Å². The fourth-order valence-corrected chi connectivity index (χ4v) is 4.60. The molecule has 2 aliphatic rings. The number of amides is 2. The highest BCUT2D eigenvalue weighted by Gasteiger charge is 2.44. The molecule has 3 N–H and O–H groups in total. The average molecular weight is 451 g/mol. The van der Waals surface area contributed by atoms with E-state index in [9.17, 15) is 19.5 Å². The van der Waals surface area contributed by atoms with Crippen molar-refractivity contribution >= 4 is 18.0 Å². The molecule has 0 unspecified atom stereocenters. The molecule has 7 heteroatoms. The summed E-state index contributed by atoms with van der Waals surface area (Å²) in [5.41, 5.74) is 4.66. The lowest BCUT2D eigenvalue weighted by Crippen LogP contribution is -2.42. The first-order chi connectivity index (χ1) is 16.0. The van der Waals surface area contributed by atoms with Crippen LogP contribution in [0.1, 0.15) is 49.7 Å². The maximum atomic E-state index is 12.4. The summed E-state index contributed by atoms with van der Waals surface area (Å²) in [5, 5.41) is 14.7. The van der Waals surface area contributed by atoms with Gasteiger partial charge in [-0.05, 0) is 41.0 Å². The van der Waals surface area contributed by atoms with E-state index in [2.05, 4.69) is 34.9 Å². The van der Waals surface area contributed by atoms with Gasteiger partial charge in [0, 0.05) is 18.4 Å². The molecule has 33 heavy (non-hydrogen) atoms. The molecule has 1 saturated carbocycles. The van der Waals surface area contributed by atoms with Crippen LogP contribution in [0.2, 0.25) is 0 Å². The molecule has 2 amide bonds. The Bertz CT molecular complexity index is 991. The van der Waals surface area contributed by atoms with Crippen molar-refractivity contribution in [2.75, 3.05) is 13.2 Å². The second kappa shape index (κ2) is 10.1. The summed E-state index contributed by atoms with van der Waals surface area (Å²) in [6, 6.07) is 15.5. The smallest absolute Gasteiger partial charge is 0.407 e. The molecule has 0 spiro atoms. The van der Waals surface area contributed by atoms with E-state index in [0.29, 0.717) is 19.4 Å². The highest BCUT2D eigenvalue weighted by Crippen LogP contribution is 2.44. The van der Waals surface area contributed by atoms with Crippen LogP contribution < -0.4 is 10.6 Å². The predicted molar refractivity (Wildman–Crippen MR) is 124 cm³/mol. The molecule has 0 saturated heterocycles. The lowest BCUT2D eigenvalue weighted by molar-refractivity contribution is -0.142. The van der Waals surface area contributed by atoms with E-state index in [4.69, 9.17) is 4.74 Å². The van der Waals surface area contributed by atoms with Crippen LogP contribution >= 0.6 is 0 Å². The van der Waals surface area contributed by atoms with Gasteiger partial charge in [0.15, 0.2) is 0 Å². The standard InChI is InChI=1S/C26H30N2O5/c1-2-3-12-23(25(30)31)28-24(29)21-13-16(21)14-27-26(32)33-15-22-19-10-6-4-8-17(19)18-9-5-7-11-20(18)22/h4-11,16,21-23H,2-3,12-15H2,1H3,(H,27,32)(H,28,29)(H,30,31)/t16-,21-,23-/m0/s1. The number of carboxylic acids is 1. The number of carbonyl (C=O) groups is 3. The van der Waals surface area contributed by atoms with Crippen LogP contribution in [0, 0.1) is 11.8 Å². The quantitative estimate of drug-likeness (QED) is 0.509. The SMILES string of the molecule is CCCC[C@H](NC(=O)[C@H]1C[C@H]1CNC(=O)OCC1c2ccccc2-c2ccccc21)C(=O)O. The number of rotatable bonds is 10. The number of fused-ring (bicyclic) bond motifs is 3. The third-order valence-electron chi connectivity index (χ3n) is 6.57. The maximum Gasteiger partial charge on any atom is 0.407 e.